The second-order valence-corrected chi connectivity index (χ2v) is 4.26. The van der Waals surface area contributed by atoms with E-state index in [9.17, 15) is 4.79 Å². The second kappa shape index (κ2) is 5.60. The molecule has 0 heterocycles. The SMILES string of the molecule is O=CCc1ccc(N(P)c2ccccc2)cc1. The van der Waals surface area contributed by atoms with Gasteiger partial charge in [-0.3, -0.25) is 0 Å². The Morgan fingerprint density at radius 3 is 2.12 bits per heavy atom. The van der Waals surface area contributed by atoms with Gasteiger partial charge in [-0.25, -0.2) is 0 Å². The van der Waals surface area contributed by atoms with Gasteiger partial charge in [-0.2, -0.15) is 0 Å². The van der Waals surface area contributed by atoms with Crippen molar-refractivity contribution in [3.63, 3.8) is 0 Å². The summed E-state index contributed by atoms with van der Waals surface area (Å²) >= 11 is 0. The number of carbonyl (C=O) groups excluding carboxylic acids is 1. The fourth-order valence-electron chi connectivity index (χ4n) is 1.63. The lowest BCUT2D eigenvalue weighted by Gasteiger charge is -2.19. The summed E-state index contributed by atoms with van der Waals surface area (Å²) in [5.74, 6) is 0. The number of aldehydes is 1. The Kier molecular flexibility index (Phi) is 3.89. The Morgan fingerprint density at radius 1 is 0.941 bits per heavy atom. The smallest absolute Gasteiger partial charge is 0.124 e. The highest BCUT2D eigenvalue weighted by molar-refractivity contribution is 7.19. The van der Waals surface area contributed by atoms with Gasteiger partial charge < -0.3 is 9.46 Å². The number of nitrogens with zero attached hydrogens (tertiary/aromatic N) is 1. The number of carbonyl (C=O) groups is 1. The van der Waals surface area contributed by atoms with Crippen LogP contribution >= 0.6 is 9.39 Å². The van der Waals surface area contributed by atoms with Crippen LogP contribution in [0.4, 0.5) is 11.4 Å². The highest BCUT2D eigenvalue weighted by Gasteiger charge is 2.02. The molecular formula is C14H14NOP. The number of hydrogen-bond acceptors (Lipinski definition) is 2. The summed E-state index contributed by atoms with van der Waals surface area (Å²) in [4.78, 5) is 10.4. The van der Waals surface area contributed by atoms with E-state index in [4.69, 9.17) is 0 Å². The van der Waals surface area contributed by atoms with Crippen LogP contribution in [0.3, 0.4) is 0 Å². The van der Waals surface area contributed by atoms with E-state index < -0.39 is 0 Å². The van der Waals surface area contributed by atoms with Gasteiger partial charge in [-0.15, -0.1) is 0 Å². The molecule has 0 spiro atoms. The van der Waals surface area contributed by atoms with Crippen molar-refractivity contribution >= 4 is 27.1 Å². The average molecular weight is 243 g/mol. The van der Waals surface area contributed by atoms with Crippen molar-refractivity contribution in [2.75, 3.05) is 4.67 Å². The lowest BCUT2D eigenvalue weighted by Crippen LogP contribution is -2.00. The number of anilines is 2. The predicted octanol–water partition coefficient (Wildman–Crippen LogP) is 3.36. The molecule has 0 bridgehead atoms. The van der Waals surface area contributed by atoms with Crippen molar-refractivity contribution in [2.24, 2.45) is 0 Å². The minimum absolute atomic E-state index is 0.475. The van der Waals surface area contributed by atoms with Crippen LogP contribution in [0.5, 0.6) is 0 Å². The van der Waals surface area contributed by atoms with Crippen LogP contribution in [0, 0.1) is 0 Å². The predicted molar refractivity (Wildman–Crippen MR) is 74.5 cm³/mol. The quantitative estimate of drug-likeness (QED) is 0.606. The van der Waals surface area contributed by atoms with Gasteiger partial charge in [0, 0.05) is 17.8 Å². The number of rotatable bonds is 4. The molecule has 0 N–H and O–H groups in total. The maximum atomic E-state index is 10.4. The van der Waals surface area contributed by atoms with Gasteiger partial charge in [0.25, 0.3) is 0 Å². The van der Waals surface area contributed by atoms with Crippen LogP contribution in [-0.4, -0.2) is 6.29 Å². The van der Waals surface area contributed by atoms with E-state index in [0.717, 1.165) is 23.2 Å². The molecule has 17 heavy (non-hydrogen) atoms. The molecule has 2 aromatic carbocycles. The fraction of sp³-hybridized carbons (Fsp3) is 0.0714. The van der Waals surface area contributed by atoms with Crippen molar-refractivity contribution in [2.45, 2.75) is 6.42 Å². The third-order valence-corrected chi connectivity index (χ3v) is 3.16. The van der Waals surface area contributed by atoms with Crippen molar-refractivity contribution in [3.05, 3.63) is 60.2 Å². The van der Waals surface area contributed by atoms with Crippen molar-refractivity contribution in [3.8, 4) is 0 Å². The van der Waals surface area contributed by atoms with Gasteiger partial charge in [-0.1, -0.05) is 30.3 Å². The van der Waals surface area contributed by atoms with E-state index in [1.54, 1.807) is 0 Å². The van der Waals surface area contributed by atoms with Gasteiger partial charge in [0.1, 0.15) is 6.29 Å². The van der Waals surface area contributed by atoms with Gasteiger partial charge in [0.2, 0.25) is 0 Å². The van der Waals surface area contributed by atoms with Gasteiger partial charge in [-0.05, 0) is 39.2 Å². The first-order valence-corrected chi connectivity index (χ1v) is 5.95. The minimum atomic E-state index is 0.475. The first kappa shape index (κ1) is 11.8. The van der Waals surface area contributed by atoms with Gasteiger partial charge in [0.15, 0.2) is 0 Å². The average Bonchev–Trinajstić information content (AvgIpc) is 2.40. The van der Waals surface area contributed by atoms with E-state index in [1.807, 2.05) is 59.3 Å². The monoisotopic (exact) mass is 243 g/mol. The summed E-state index contributed by atoms with van der Waals surface area (Å²) < 4.78 is 2.03. The van der Waals surface area contributed by atoms with Crippen LogP contribution in [0.15, 0.2) is 54.6 Å². The Balaban J connectivity index is 2.20. The molecule has 0 saturated carbocycles. The highest BCUT2D eigenvalue weighted by Crippen LogP contribution is 2.28. The molecule has 86 valence electrons. The van der Waals surface area contributed by atoms with E-state index in [2.05, 4.69) is 9.39 Å². The van der Waals surface area contributed by atoms with Gasteiger partial charge in [0.05, 0.1) is 0 Å². The first-order valence-electron chi connectivity index (χ1n) is 5.43. The molecule has 1 atom stereocenters. The lowest BCUT2D eigenvalue weighted by molar-refractivity contribution is -0.107. The molecule has 2 rings (SSSR count). The minimum Gasteiger partial charge on any atom is -0.326 e. The summed E-state index contributed by atoms with van der Waals surface area (Å²) in [6, 6.07) is 18.1. The lowest BCUT2D eigenvalue weighted by atomic mass is 10.1. The highest BCUT2D eigenvalue weighted by atomic mass is 31.0. The molecule has 0 aliphatic carbocycles. The molecule has 1 unspecified atom stereocenters. The number of para-hydroxylation sites is 1. The Labute approximate surface area is 104 Å². The second-order valence-electron chi connectivity index (χ2n) is 3.74. The summed E-state index contributed by atoms with van der Waals surface area (Å²) in [7, 11) is 2.69. The zero-order valence-electron chi connectivity index (χ0n) is 9.41. The molecular weight excluding hydrogens is 229 g/mol. The van der Waals surface area contributed by atoms with Crippen molar-refractivity contribution < 1.29 is 4.79 Å². The molecule has 2 nitrogen and oxygen atoms in total. The van der Waals surface area contributed by atoms with Crippen molar-refractivity contribution in [1.82, 2.24) is 0 Å². The van der Waals surface area contributed by atoms with Crippen LogP contribution in [-0.2, 0) is 11.2 Å². The van der Waals surface area contributed by atoms with Crippen LogP contribution in [0.25, 0.3) is 0 Å². The number of benzene rings is 2. The Bertz CT molecular complexity index is 481. The molecule has 3 heteroatoms. The molecule has 0 saturated heterocycles. The number of hydrogen-bond donors (Lipinski definition) is 0. The molecule has 0 aliphatic rings. The van der Waals surface area contributed by atoms with Crippen LogP contribution < -0.4 is 4.67 Å². The summed E-state index contributed by atoms with van der Waals surface area (Å²) in [5, 5.41) is 0. The Morgan fingerprint density at radius 2 is 1.53 bits per heavy atom. The van der Waals surface area contributed by atoms with Crippen LogP contribution in [0.1, 0.15) is 5.56 Å². The zero-order valence-corrected chi connectivity index (χ0v) is 10.6. The maximum Gasteiger partial charge on any atom is 0.124 e. The third kappa shape index (κ3) is 2.92. The molecule has 2 aromatic rings. The maximum absolute atomic E-state index is 10.4. The van der Waals surface area contributed by atoms with E-state index in [1.165, 1.54) is 0 Å². The topological polar surface area (TPSA) is 20.3 Å². The summed E-state index contributed by atoms with van der Waals surface area (Å²) in [5.41, 5.74) is 3.23. The summed E-state index contributed by atoms with van der Waals surface area (Å²) in [6.45, 7) is 0. The first-order chi connectivity index (χ1) is 8.31. The third-order valence-electron chi connectivity index (χ3n) is 2.57. The van der Waals surface area contributed by atoms with E-state index >= 15 is 0 Å². The van der Waals surface area contributed by atoms with Crippen LogP contribution in [0.2, 0.25) is 0 Å². The van der Waals surface area contributed by atoms with E-state index in [0.29, 0.717) is 6.42 Å². The standard InChI is InChI=1S/C14H14NOP/c16-11-10-12-6-8-14(9-7-12)15(17)13-4-2-1-3-5-13/h1-9,11H,10,17H2. The van der Waals surface area contributed by atoms with E-state index in [-0.39, 0.29) is 0 Å². The summed E-state index contributed by atoms with van der Waals surface area (Å²) in [6.07, 6.45) is 1.40. The largest absolute Gasteiger partial charge is 0.326 e. The van der Waals surface area contributed by atoms with Gasteiger partial charge >= 0.3 is 0 Å². The van der Waals surface area contributed by atoms with Crippen molar-refractivity contribution in [1.29, 1.82) is 0 Å². The fourth-order valence-corrected chi connectivity index (χ4v) is 1.97. The Hall–Kier alpha value is -1.66. The molecule has 0 aromatic heterocycles. The molecule has 0 aliphatic heterocycles. The molecule has 0 amide bonds. The molecule has 0 radical (unpaired) electrons. The normalized spacial score (nSPS) is 9.94. The molecule has 0 fully saturated rings. The zero-order chi connectivity index (χ0) is 12.1.